The summed E-state index contributed by atoms with van der Waals surface area (Å²) in [5, 5.41) is 3.76. The fraction of sp³-hybridized carbons (Fsp3) is 0.371. The Morgan fingerprint density at radius 2 is 1.40 bits per heavy atom. The molecule has 6 rings (SSSR count). The zero-order chi connectivity index (χ0) is 31.6. The van der Waals surface area contributed by atoms with E-state index in [-0.39, 0.29) is 23.6 Å². The molecule has 1 aromatic heterocycles. The second-order valence-electron chi connectivity index (χ2n) is 12.1. The van der Waals surface area contributed by atoms with Crippen LogP contribution in [-0.4, -0.2) is 71.8 Å². The number of fused-ring (bicyclic) bond motifs is 1. The molecule has 2 amide bonds. The van der Waals surface area contributed by atoms with Gasteiger partial charge in [-0.1, -0.05) is 42.0 Å². The van der Waals surface area contributed by atoms with Crippen molar-refractivity contribution < 1.29 is 27.2 Å². The number of nitrogens with zero attached hydrogens (tertiary/aromatic N) is 3. The number of hydrogen-bond acceptors (Lipinski definition) is 5. The number of carbonyl (C=O) groups is 2. The van der Waals surface area contributed by atoms with Gasteiger partial charge in [0.1, 0.15) is 5.58 Å². The molecule has 2 aliphatic rings. The van der Waals surface area contributed by atoms with Crippen molar-refractivity contribution in [2.75, 3.05) is 39.3 Å². The Labute approximate surface area is 260 Å². The fourth-order valence-corrected chi connectivity index (χ4v) is 6.08. The lowest BCUT2D eigenvalue weighted by molar-refractivity contribution is -0.137. The lowest BCUT2D eigenvalue weighted by Gasteiger charge is -2.34. The van der Waals surface area contributed by atoms with Crippen LogP contribution in [0.25, 0.3) is 11.0 Å². The molecule has 7 nitrogen and oxygen atoms in total. The summed E-state index contributed by atoms with van der Waals surface area (Å²) in [7, 11) is 0. The van der Waals surface area contributed by atoms with Gasteiger partial charge in [-0.15, -0.1) is 0 Å². The lowest BCUT2D eigenvalue weighted by Crippen LogP contribution is -2.48. The molecule has 0 atom stereocenters. The van der Waals surface area contributed by atoms with Gasteiger partial charge in [-0.3, -0.25) is 19.4 Å². The highest BCUT2D eigenvalue weighted by Gasteiger charge is 2.30. The van der Waals surface area contributed by atoms with E-state index < -0.39 is 11.7 Å². The van der Waals surface area contributed by atoms with Crippen LogP contribution in [0.1, 0.15) is 56.0 Å². The molecule has 0 bridgehead atoms. The van der Waals surface area contributed by atoms with Crippen LogP contribution >= 0.6 is 0 Å². The van der Waals surface area contributed by atoms with Crippen molar-refractivity contribution in [3.05, 3.63) is 106 Å². The number of hydrogen-bond donors (Lipinski definition) is 1. The van der Waals surface area contributed by atoms with Crippen molar-refractivity contribution in [1.29, 1.82) is 0 Å². The van der Waals surface area contributed by atoms with Crippen LogP contribution < -0.4 is 5.32 Å². The molecule has 0 spiro atoms. The maximum Gasteiger partial charge on any atom is 0.416 e. The van der Waals surface area contributed by atoms with E-state index in [1.54, 1.807) is 24.3 Å². The van der Waals surface area contributed by atoms with Crippen LogP contribution in [-0.2, 0) is 19.3 Å². The monoisotopic (exact) mass is 618 g/mol. The van der Waals surface area contributed by atoms with Crippen LogP contribution in [0.4, 0.5) is 13.2 Å². The Morgan fingerprint density at radius 1 is 0.800 bits per heavy atom. The summed E-state index contributed by atoms with van der Waals surface area (Å²) >= 11 is 0. The van der Waals surface area contributed by atoms with E-state index in [4.69, 9.17) is 4.42 Å². The molecule has 2 fully saturated rings. The summed E-state index contributed by atoms with van der Waals surface area (Å²) in [5.74, 6) is -0.126. The molecule has 0 unspecified atom stereocenters. The SMILES string of the molecule is Cc1ccc(CN2CCN(C(=O)c3ccc4oc(C(=O)NC5CCN(Cc6ccc(C(F)(F)F)cc6)CC5)cc4c3)CC2)cc1. The minimum atomic E-state index is -4.34. The number of piperidine rings is 1. The minimum Gasteiger partial charge on any atom is -0.451 e. The van der Waals surface area contributed by atoms with Crippen LogP contribution in [0, 0.1) is 6.92 Å². The normalized spacial score (nSPS) is 17.1. The average molecular weight is 619 g/mol. The number of aryl methyl sites for hydroxylation is 1. The number of piperazine rings is 1. The number of likely N-dealkylation sites (tertiary alicyclic amines) is 1. The van der Waals surface area contributed by atoms with E-state index in [1.807, 2.05) is 4.90 Å². The Kier molecular flexibility index (Phi) is 8.96. The number of alkyl halides is 3. The summed E-state index contributed by atoms with van der Waals surface area (Å²) in [5.41, 5.74) is 3.81. The van der Waals surface area contributed by atoms with Gasteiger partial charge in [0.2, 0.25) is 0 Å². The van der Waals surface area contributed by atoms with Crippen molar-refractivity contribution in [1.82, 2.24) is 20.0 Å². The van der Waals surface area contributed by atoms with Gasteiger partial charge in [-0.05, 0) is 67.3 Å². The molecular formula is C35H37F3N4O3. The molecule has 0 aliphatic carbocycles. The van der Waals surface area contributed by atoms with Gasteiger partial charge < -0.3 is 14.6 Å². The van der Waals surface area contributed by atoms with Gasteiger partial charge in [0, 0.05) is 69.3 Å². The van der Waals surface area contributed by atoms with Crippen molar-refractivity contribution in [2.24, 2.45) is 0 Å². The molecule has 45 heavy (non-hydrogen) atoms. The Hall–Kier alpha value is -4.15. The molecular weight excluding hydrogens is 581 g/mol. The highest BCUT2D eigenvalue weighted by atomic mass is 19.4. The zero-order valence-corrected chi connectivity index (χ0v) is 25.3. The standard InChI is InChI=1S/C35H37F3N4O3/c1-24-2-4-25(5-3-24)23-41-16-18-42(19-17-41)34(44)27-8-11-31-28(20-27)21-32(45-31)33(43)39-30-12-14-40(15-13-30)22-26-6-9-29(10-7-26)35(36,37)38/h2-11,20-21,30H,12-19,22-23H2,1H3,(H,39,43). The van der Waals surface area contributed by atoms with Gasteiger partial charge in [-0.2, -0.15) is 13.2 Å². The van der Waals surface area contributed by atoms with Crippen molar-refractivity contribution in [3.8, 4) is 0 Å². The first-order chi connectivity index (χ1) is 21.6. The molecule has 10 heteroatoms. The number of halogens is 3. The summed E-state index contributed by atoms with van der Waals surface area (Å²) in [6.45, 7) is 7.89. The number of benzene rings is 3. The molecule has 1 N–H and O–H groups in total. The Morgan fingerprint density at radius 3 is 2.02 bits per heavy atom. The number of rotatable bonds is 7. The molecule has 2 saturated heterocycles. The van der Waals surface area contributed by atoms with E-state index in [0.29, 0.717) is 36.2 Å². The molecule has 236 valence electrons. The number of furan rings is 1. The summed E-state index contributed by atoms with van der Waals surface area (Å²) in [6.07, 6.45) is -2.89. The van der Waals surface area contributed by atoms with Gasteiger partial charge in [0.05, 0.1) is 5.56 Å². The third kappa shape index (κ3) is 7.57. The molecule has 0 radical (unpaired) electrons. The van der Waals surface area contributed by atoms with Crippen LogP contribution in [0.2, 0.25) is 0 Å². The maximum absolute atomic E-state index is 13.3. The van der Waals surface area contributed by atoms with E-state index in [1.165, 1.54) is 23.3 Å². The number of amides is 2. The summed E-state index contributed by atoms with van der Waals surface area (Å²) in [4.78, 5) is 32.7. The topological polar surface area (TPSA) is 69.0 Å². The van der Waals surface area contributed by atoms with Gasteiger partial charge in [-0.25, -0.2) is 0 Å². The second kappa shape index (κ2) is 13.1. The highest BCUT2D eigenvalue weighted by molar-refractivity contribution is 6.00. The van der Waals surface area contributed by atoms with Gasteiger partial charge in [0.15, 0.2) is 5.76 Å². The van der Waals surface area contributed by atoms with Crippen LogP contribution in [0.15, 0.2) is 77.2 Å². The maximum atomic E-state index is 13.3. The number of carbonyl (C=O) groups excluding carboxylic acids is 2. The smallest absolute Gasteiger partial charge is 0.416 e. The zero-order valence-electron chi connectivity index (χ0n) is 25.3. The van der Waals surface area contributed by atoms with Crippen molar-refractivity contribution in [3.63, 3.8) is 0 Å². The molecule has 4 aromatic rings. The molecule has 0 saturated carbocycles. The molecule has 3 heterocycles. The number of nitrogens with one attached hydrogen (secondary N) is 1. The fourth-order valence-electron chi connectivity index (χ4n) is 6.08. The first-order valence-corrected chi connectivity index (χ1v) is 15.4. The molecule has 2 aliphatic heterocycles. The second-order valence-corrected chi connectivity index (χ2v) is 12.1. The van der Waals surface area contributed by atoms with E-state index in [2.05, 4.69) is 46.3 Å². The first-order valence-electron chi connectivity index (χ1n) is 15.4. The van der Waals surface area contributed by atoms with E-state index in [9.17, 15) is 22.8 Å². The quantitative estimate of drug-likeness (QED) is 0.271. The van der Waals surface area contributed by atoms with Crippen molar-refractivity contribution in [2.45, 2.75) is 45.1 Å². The first kappa shape index (κ1) is 30.9. The van der Waals surface area contributed by atoms with Gasteiger partial charge >= 0.3 is 6.18 Å². The third-order valence-corrected chi connectivity index (χ3v) is 8.78. The largest absolute Gasteiger partial charge is 0.451 e. The predicted octanol–water partition coefficient (Wildman–Crippen LogP) is 6.11. The van der Waals surface area contributed by atoms with Crippen LogP contribution in [0.5, 0.6) is 0 Å². The highest BCUT2D eigenvalue weighted by Crippen LogP contribution is 2.29. The Bertz CT molecular complexity index is 1630. The Balaban J connectivity index is 0.985. The molecule has 3 aromatic carbocycles. The van der Waals surface area contributed by atoms with Crippen molar-refractivity contribution >= 4 is 22.8 Å². The lowest BCUT2D eigenvalue weighted by atomic mass is 10.0. The average Bonchev–Trinajstić information content (AvgIpc) is 3.47. The summed E-state index contributed by atoms with van der Waals surface area (Å²) in [6, 6.07) is 20.7. The van der Waals surface area contributed by atoms with Crippen LogP contribution in [0.3, 0.4) is 0 Å². The van der Waals surface area contributed by atoms with E-state index in [0.717, 1.165) is 63.3 Å². The van der Waals surface area contributed by atoms with E-state index >= 15 is 0 Å². The third-order valence-electron chi connectivity index (χ3n) is 8.78. The minimum absolute atomic E-state index is 0.0258. The predicted molar refractivity (Wildman–Crippen MR) is 166 cm³/mol. The summed E-state index contributed by atoms with van der Waals surface area (Å²) < 4.78 is 44.3. The van der Waals surface area contributed by atoms with Gasteiger partial charge in [0.25, 0.3) is 11.8 Å².